The average molecular weight is 436 g/mol. The van der Waals surface area contributed by atoms with Crippen LogP contribution in [0.4, 0.5) is 4.39 Å². The number of Topliss-reactive ketones (excluding diaryl/α,β-unsaturated/α-hetero) is 1. The average Bonchev–Trinajstić information content (AvgIpc) is 3.22. The van der Waals surface area contributed by atoms with E-state index in [9.17, 15) is 19.1 Å². The maximum Gasteiger partial charge on any atom is 0.295 e. The standard InChI is InChI=1S/C24H25FN4O3/c1-15-20(28-13-7-6-11-18(28)26-15)22(30)19-21(16-9-4-5-10-17(16)25)29(24(32)23(19)31)14-8-12-27(2)3/h4-7,9-11,13,21,30H,8,12,14H2,1-3H3. The number of halogens is 1. The molecule has 4 rings (SSSR count). The Morgan fingerprint density at radius 3 is 2.59 bits per heavy atom. The van der Waals surface area contributed by atoms with Gasteiger partial charge in [-0.15, -0.1) is 0 Å². The summed E-state index contributed by atoms with van der Waals surface area (Å²) in [6, 6.07) is 10.2. The Morgan fingerprint density at radius 1 is 1.16 bits per heavy atom. The van der Waals surface area contributed by atoms with E-state index in [0.717, 1.165) is 6.54 Å². The number of ketones is 1. The Bertz CT molecular complexity index is 1230. The first-order valence-corrected chi connectivity index (χ1v) is 10.5. The van der Waals surface area contributed by atoms with E-state index in [1.165, 1.54) is 28.0 Å². The summed E-state index contributed by atoms with van der Waals surface area (Å²) in [4.78, 5) is 33.0. The predicted molar refractivity (Wildman–Crippen MR) is 115 cm³/mol. The number of pyridine rings is 1. The fraction of sp³-hybridized carbons (Fsp3) is 0.292. The van der Waals surface area contributed by atoms with Crippen LogP contribution in [0.3, 0.4) is 0 Å². The van der Waals surface area contributed by atoms with Crippen molar-refractivity contribution in [2.75, 3.05) is 27.2 Å². The number of hydrogen-bond acceptors (Lipinski definition) is 4. The molecule has 0 radical (unpaired) electrons. The van der Waals surface area contributed by atoms with Crippen molar-refractivity contribution < 1.29 is 24.0 Å². The Kier molecular flexibility index (Phi) is 5.80. The first kappa shape index (κ1) is 21.7. The second kappa shape index (κ2) is 8.55. The van der Waals surface area contributed by atoms with E-state index in [-0.39, 0.29) is 23.4 Å². The number of hydrogen-bond donors (Lipinski definition) is 1. The fourth-order valence-corrected chi connectivity index (χ4v) is 4.24. The zero-order valence-corrected chi connectivity index (χ0v) is 18.3. The van der Waals surface area contributed by atoms with Gasteiger partial charge in [0.05, 0.1) is 38.1 Å². The normalized spacial score (nSPS) is 18.3. The monoisotopic (exact) mass is 436 g/mol. The number of aromatic nitrogens is 2. The van der Waals surface area contributed by atoms with Crippen LogP contribution in [0.1, 0.15) is 29.4 Å². The summed E-state index contributed by atoms with van der Waals surface area (Å²) in [5, 5.41) is 13.7. The number of carbonyl (C=O) groups excluding carboxylic acids is 2. The molecule has 1 atom stereocenters. The number of rotatable bonds is 6. The molecular weight excluding hydrogens is 411 g/mol. The van der Waals surface area contributed by atoms with Crippen molar-refractivity contribution in [3.8, 4) is 0 Å². The van der Waals surface area contributed by atoms with Gasteiger partial charge in [-0.3, -0.25) is 9.59 Å². The molecule has 7 nitrogen and oxygen atoms in total. The minimum Gasteiger partial charge on any atom is -0.871 e. The topological polar surface area (TPSA) is 82.2 Å². The zero-order chi connectivity index (χ0) is 23.0. The molecule has 1 aliphatic rings. The Morgan fingerprint density at radius 2 is 1.88 bits per heavy atom. The van der Waals surface area contributed by atoms with Crippen molar-refractivity contribution >= 4 is 23.1 Å². The minimum absolute atomic E-state index is 0.138. The SMILES string of the molecule is Cc1nc2ccccn2c1C([O-])=C1C(=O)C(=O)N(CCC[NH+](C)C)C1c1ccccc1F. The number of nitrogens with one attached hydrogen (secondary N) is 1. The minimum atomic E-state index is -1.07. The van der Waals surface area contributed by atoms with Gasteiger partial charge in [-0.2, -0.15) is 0 Å². The first-order chi connectivity index (χ1) is 15.3. The number of nitrogens with zero attached hydrogens (tertiary/aromatic N) is 3. The summed E-state index contributed by atoms with van der Waals surface area (Å²) >= 11 is 0. The molecule has 8 heteroatoms. The van der Waals surface area contributed by atoms with E-state index >= 15 is 0 Å². The van der Waals surface area contributed by atoms with Gasteiger partial charge in [0.1, 0.15) is 11.5 Å². The van der Waals surface area contributed by atoms with Gasteiger partial charge >= 0.3 is 0 Å². The lowest BCUT2D eigenvalue weighted by Crippen LogP contribution is -3.05. The third-order valence-corrected chi connectivity index (χ3v) is 5.72. The van der Waals surface area contributed by atoms with E-state index < -0.39 is 29.3 Å². The molecule has 3 aromatic rings. The van der Waals surface area contributed by atoms with Gasteiger partial charge in [-0.05, 0) is 25.1 Å². The van der Waals surface area contributed by atoms with Crippen molar-refractivity contribution in [1.82, 2.24) is 14.3 Å². The highest BCUT2D eigenvalue weighted by Crippen LogP contribution is 2.40. The van der Waals surface area contributed by atoms with Gasteiger partial charge in [-0.25, -0.2) is 9.37 Å². The van der Waals surface area contributed by atoms with E-state index in [2.05, 4.69) is 4.98 Å². The molecular formula is C24H25FN4O3. The summed E-state index contributed by atoms with van der Waals surface area (Å²) in [5.41, 5.74) is 1.11. The van der Waals surface area contributed by atoms with Gasteiger partial charge < -0.3 is 19.3 Å². The number of carbonyl (C=O) groups is 2. The lowest BCUT2D eigenvalue weighted by Gasteiger charge is -2.28. The molecule has 166 valence electrons. The fourth-order valence-electron chi connectivity index (χ4n) is 4.24. The third-order valence-electron chi connectivity index (χ3n) is 5.72. The van der Waals surface area contributed by atoms with Crippen LogP contribution in [-0.4, -0.2) is 53.2 Å². The van der Waals surface area contributed by atoms with Crippen LogP contribution < -0.4 is 10.0 Å². The molecule has 1 amide bonds. The molecule has 1 N–H and O–H groups in total. The van der Waals surface area contributed by atoms with Crippen molar-refractivity contribution in [1.29, 1.82) is 0 Å². The molecule has 1 aliphatic heterocycles. The van der Waals surface area contributed by atoms with Crippen molar-refractivity contribution in [3.05, 3.63) is 77.0 Å². The van der Waals surface area contributed by atoms with Gasteiger partial charge in [0, 0.05) is 30.3 Å². The van der Waals surface area contributed by atoms with Crippen LogP contribution in [0, 0.1) is 12.7 Å². The molecule has 1 fully saturated rings. The van der Waals surface area contributed by atoms with Crippen LogP contribution in [0.15, 0.2) is 54.2 Å². The van der Waals surface area contributed by atoms with Crippen molar-refractivity contribution in [3.63, 3.8) is 0 Å². The molecule has 0 spiro atoms. The Hall–Kier alpha value is -3.52. The molecule has 1 saturated heterocycles. The van der Waals surface area contributed by atoms with Crippen molar-refractivity contribution in [2.24, 2.45) is 0 Å². The predicted octanol–water partition coefficient (Wildman–Crippen LogP) is 0.540. The van der Waals surface area contributed by atoms with E-state index in [0.29, 0.717) is 17.8 Å². The van der Waals surface area contributed by atoms with Gasteiger partial charge in [-0.1, -0.05) is 30.0 Å². The number of amides is 1. The molecule has 1 aromatic carbocycles. The summed E-state index contributed by atoms with van der Waals surface area (Å²) in [7, 11) is 3.97. The molecule has 3 heterocycles. The largest absolute Gasteiger partial charge is 0.871 e. The van der Waals surface area contributed by atoms with Crippen LogP contribution in [0.5, 0.6) is 0 Å². The second-order valence-corrected chi connectivity index (χ2v) is 8.28. The summed E-state index contributed by atoms with van der Waals surface area (Å²) < 4.78 is 16.4. The summed E-state index contributed by atoms with van der Waals surface area (Å²) in [6.07, 6.45) is 2.29. The maximum atomic E-state index is 14.8. The molecule has 0 saturated carbocycles. The maximum absolute atomic E-state index is 14.8. The van der Waals surface area contributed by atoms with E-state index in [1.54, 1.807) is 41.8 Å². The smallest absolute Gasteiger partial charge is 0.295 e. The molecule has 2 aromatic heterocycles. The number of aryl methyl sites for hydroxylation is 1. The lowest BCUT2D eigenvalue weighted by atomic mass is 9.95. The highest BCUT2D eigenvalue weighted by atomic mass is 19.1. The number of imidazole rings is 1. The van der Waals surface area contributed by atoms with Gasteiger partial charge in [0.2, 0.25) is 5.78 Å². The van der Waals surface area contributed by atoms with E-state index in [1.807, 2.05) is 14.1 Å². The lowest BCUT2D eigenvalue weighted by molar-refractivity contribution is -0.858. The highest BCUT2D eigenvalue weighted by Gasteiger charge is 2.45. The van der Waals surface area contributed by atoms with Crippen LogP contribution in [-0.2, 0) is 9.59 Å². The molecule has 32 heavy (non-hydrogen) atoms. The summed E-state index contributed by atoms with van der Waals surface area (Å²) in [6.45, 7) is 2.69. The number of benzene rings is 1. The Labute approximate surface area is 185 Å². The Balaban J connectivity index is 1.90. The molecule has 0 bridgehead atoms. The first-order valence-electron chi connectivity index (χ1n) is 10.5. The quantitative estimate of drug-likeness (QED) is 0.347. The van der Waals surface area contributed by atoms with Crippen LogP contribution >= 0.6 is 0 Å². The van der Waals surface area contributed by atoms with E-state index in [4.69, 9.17) is 0 Å². The highest BCUT2D eigenvalue weighted by molar-refractivity contribution is 6.46. The van der Waals surface area contributed by atoms with Crippen LogP contribution in [0.25, 0.3) is 11.4 Å². The summed E-state index contributed by atoms with van der Waals surface area (Å²) in [5.74, 6) is -2.83. The third kappa shape index (κ3) is 3.67. The van der Waals surface area contributed by atoms with Crippen molar-refractivity contribution in [2.45, 2.75) is 19.4 Å². The van der Waals surface area contributed by atoms with Gasteiger partial charge in [0.15, 0.2) is 0 Å². The second-order valence-electron chi connectivity index (χ2n) is 8.28. The number of likely N-dealkylation sites (tertiary alicyclic amines) is 1. The zero-order valence-electron chi connectivity index (χ0n) is 18.3. The van der Waals surface area contributed by atoms with Gasteiger partial charge in [0.25, 0.3) is 5.91 Å². The molecule has 1 unspecified atom stereocenters. The molecule has 0 aliphatic carbocycles. The number of fused-ring (bicyclic) bond motifs is 1. The number of quaternary nitrogens is 1. The van der Waals surface area contributed by atoms with Crippen LogP contribution in [0.2, 0.25) is 0 Å².